The molecule has 4 nitrogen and oxygen atoms in total. The SMILES string of the molecule is O=C(CNC(=O)c1ccc(/C=C/C(c2cc(Br)cc(Br)c2)C(F)(F)F)cc1Cl)NCC(F)(F)F. The van der Waals surface area contributed by atoms with Gasteiger partial charge in [0.25, 0.3) is 5.91 Å². The lowest BCUT2D eigenvalue weighted by Gasteiger charge is -2.18. The second-order valence-corrected chi connectivity index (χ2v) is 9.13. The number of carbonyl (C=O) groups is 2. The van der Waals surface area contributed by atoms with Gasteiger partial charge in [0.2, 0.25) is 5.91 Å². The van der Waals surface area contributed by atoms with E-state index in [0.717, 1.165) is 6.08 Å². The lowest BCUT2D eigenvalue weighted by Crippen LogP contribution is -2.40. The van der Waals surface area contributed by atoms with Crippen LogP contribution in [0.4, 0.5) is 26.3 Å². The lowest BCUT2D eigenvalue weighted by molar-refractivity contribution is -0.139. The highest BCUT2D eigenvalue weighted by Crippen LogP contribution is 2.38. The maximum Gasteiger partial charge on any atom is 0.405 e. The molecule has 2 amide bonds. The first-order chi connectivity index (χ1) is 15.7. The molecule has 0 aliphatic carbocycles. The van der Waals surface area contributed by atoms with Crippen LogP contribution in [0.25, 0.3) is 6.08 Å². The van der Waals surface area contributed by atoms with Gasteiger partial charge in [0.1, 0.15) is 6.54 Å². The van der Waals surface area contributed by atoms with Crippen molar-refractivity contribution in [2.75, 3.05) is 13.1 Å². The van der Waals surface area contributed by atoms with Gasteiger partial charge in [-0.1, -0.05) is 61.7 Å². The number of benzene rings is 2. The molecule has 0 heterocycles. The molecular formula is C21H15Br2ClF6N2O2. The summed E-state index contributed by atoms with van der Waals surface area (Å²) < 4.78 is 78.1. The van der Waals surface area contributed by atoms with Gasteiger partial charge in [-0.05, 0) is 41.5 Å². The Hall–Kier alpha value is -2.05. The number of alkyl halides is 6. The summed E-state index contributed by atoms with van der Waals surface area (Å²) in [5, 5.41) is 3.59. The van der Waals surface area contributed by atoms with Crippen molar-refractivity contribution in [2.45, 2.75) is 18.3 Å². The number of allylic oxidation sites excluding steroid dienone is 1. The zero-order valence-electron chi connectivity index (χ0n) is 16.8. The van der Waals surface area contributed by atoms with Gasteiger partial charge in [-0.15, -0.1) is 0 Å². The van der Waals surface area contributed by atoms with E-state index in [4.69, 9.17) is 11.6 Å². The molecule has 0 saturated heterocycles. The van der Waals surface area contributed by atoms with Gasteiger partial charge in [0, 0.05) is 8.95 Å². The van der Waals surface area contributed by atoms with Gasteiger partial charge in [0.05, 0.1) is 23.0 Å². The van der Waals surface area contributed by atoms with E-state index in [1.807, 2.05) is 0 Å². The molecule has 184 valence electrons. The van der Waals surface area contributed by atoms with Crippen LogP contribution in [0.2, 0.25) is 5.02 Å². The third-order valence-corrected chi connectivity index (χ3v) is 5.44. The van der Waals surface area contributed by atoms with Gasteiger partial charge < -0.3 is 10.6 Å². The van der Waals surface area contributed by atoms with Gasteiger partial charge in [-0.25, -0.2) is 0 Å². The van der Waals surface area contributed by atoms with Crippen LogP contribution in [0, 0.1) is 0 Å². The van der Waals surface area contributed by atoms with E-state index in [1.54, 1.807) is 11.4 Å². The second-order valence-electron chi connectivity index (χ2n) is 6.90. The van der Waals surface area contributed by atoms with Gasteiger partial charge in [-0.2, -0.15) is 26.3 Å². The average Bonchev–Trinajstić information content (AvgIpc) is 2.68. The Morgan fingerprint density at radius 1 is 0.971 bits per heavy atom. The summed E-state index contributed by atoms with van der Waals surface area (Å²) in [5.74, 6) is -3.81. The van der Waals surface area contributed by atoms with Crippen LogP contribution in [0.3, 0.4) is 0 Å². The summed E-state index contributed by atoms with van der Waals surface area (Å²) in [6.07, 6.45) is -7.02. The minimum absolute atomic E-state index is 0.00380. The summed E-state index contributed by atoms with van der Waals surface area (Å²) in [4.78, 5) is 23.5. The van der Waals surface area contributed by atoms with E-state index in [2.05, 4.69) is 37.2 Å². The number of halogens is 9. The Morgan fingerprint density at radius 3 is 2.12 bits per heavy atom. The van der Waals surface area contributed by atoms with E-state index in [0.29, 0.717) is 8.95 Å². The Labute approximate surface area is 212 Å². The molecule has 13 heteroatoms. The smallest absolute Gasteiger partial charge is 0.345 e. The summed E-state index contributed by atoms with van der Waals surface area (Å²) in [6, 6.07) is 8.11. The Balaban J connectivity index is 2.12. The second kappa shape index (κ2) is 11.6. The van der Waals surface area contributed by atoms with Crippen molar-refractivity contribution < 1.29 is 35.9 Å². The number of amides is 2. The first-order valence-corrected chi connectivity index (χ1v) is 11.2. The normalized spacial score (nSPS) is 13.1. The molecule has 0 saturated carbocycles. The summed E-state index contributed by atoms with van der Waals surface area (Å²) in [7, 11) is 0. The fraction of sp³-hybridized carbons (Fsp3) is 0.238. The number of nitrogens with one attached hydrogen (secondary N) is 2. The van der Waals surface area contributed by atoms with Crippen molar-refractivity contribution in [1.82, 2.24) is 10.6 Å². The first-order valence-electron chi connectivity index (χ1n) is 9.28. The van der Waals surface area contributed by atoms with Crippen molar-refractivity contribution in [3.05, 3.63) is 73.1 Å². The van der Waals surface area contributed by atoms with Crippen LogP contribution < -0.4 is 10.6 Å². The van der Waals surface area contributed by atoms with E-state index in [1.165, 1.54) is 36.4 Å². The predicted octanol–water partition coefficient (Wildman–Crippen LogP) is 6.63. The van der Waals surface area contributed by atoms with E-state index in [-0.39, 0.29) is 21.7 Å². The largest absolute Gasteiger partial charge is 0.405 e. The third kappa shape index (κ3) is 8.95. The molecule has 2 aromatic carbocycles. The third-order valence-electron chi connectivity index (χ3n) is 4.21. The fourth-order valence-electron chi connectivity index (χ4n) is 2.71. The molecule has 34 heavy (non-hydrogen) atoms. The summed E-state index contributed by atoms with van der Waals surface area (Å²) in [5.41, 5.74) is 0.161. The molecule has 2 aromatic rings. The Bertz CT molecular complexity index is 1070. The van der Waals surface area contributed by atoms with Crippen LogP contribution in [-0.4, -0.2) is 37.3 Å². The van der Waals surface area contributed by atoms with Crippen LogP contribution in [-0.2, 0) is 4.79 Å². The van der Waals surface area contributed by atoms with Gasteiger partial charge in [-0.3, -0.25) is 9.59 Å². The molecule has 0 spiro atoms. The molecule has 0 fully saturated rings. The molecule has 0 aromatic heterocycles. The highest BCUT2D eigenvalue weighted by molar-refractivity contribution is 9.11. The predicted molar refractivity (Wildman–Crippen MR) is 123 cm³/mol. The standard InChI is InChI=1S/C21H15Br2ClF6N2O2/c22-13-6-12(7-14(23)8-13)16(21(28,29)30)4-2-11-1-3-15(17(24)5-11)19(34)31-9-18(33)32-10-20(25,26)27/h1-8,16H,9-10H2,(H,31,34)(H,32,33)/b4-2+. The van der Waals surface area contributed by atoms with Crippen LogP contribution in [0.15, 0.2) is 51.4 Å². The van der Waals surface area contributed by atoms with Crippen LogP contribution >= 0.6 is 43.5 Å². The van der Waals surface area contributed by atoms with Crippen molar-refractivity contribution in [1.29, 1.82) is 0 Å². The van der Waals surface area contributed by atoms with Crippen LogP contribution in [0.1, 0.15) is 27.4 Å². The Morgan fingerprint density at radius 2 is 1.59 bits per heavy atom. The van der Waals surface area contributed by atoms with Crippen molar-refractivity contribution >= 4 is 61.4 Å². The quantitative estimate of drug-likeness (QED) is 0.336. The molecule has 1 atom stereocenters. The van der Waals surface area contributed by atoms with E-state index >= 15 is 0 Å². The zero-order valence-corrected chi connectivity index (χ0v) is 20.8. The Kier molecular flexibility index (Phi) is 9.61. The summed E-state index contributed by atoms with van der Waals surface area (Å²) >= 11 is 12.4. The molecule has 2 rings (SSSR count). The first kappa shape index (κ1) is 28.2. The molecule has 0 radical (unpaired) electrons. The molecule has 0 bridgehead atoms. The highest BCUT2D eigenvalue weighted by Gasteiger charge is 2.39. The maximum absolute atomic E-state index is 13.6. The lowest BCUT2D eigenvalue weighted by atomic mass is 9.97. The number of hydrogen-bond acceptors (Lipinski definition) is 2. The maximum atomic E-state index is 13.6. The zero-order chi connectivity index (χ0) is 25.7. The van der Waals surface area contributed by atoms with E-state index in [9.17, 15) is 35.9 Å². The molecular weight excluding hydrogens is 621 g/mol. The average molecular weight is 637 g/mol. The molecule has 1 unspecified atom stereocenters. The highest BCUT2D eigenvalue weighted by atomic mass is 79.9. The monoisotopic (exact) mass is 634 g/mol. The van der Waals surface area contributed by atoms with Gasteiger partial charge in [0.15, 0.2) is 0 Å². The van der Waals surface area contributed by atoms with Crippen molar-refractivity contribution in [2.24, 2.45) is 0 Å². The minimum atomic E-state index is -4.59. The summed E-state index contributed by atoms with van der Waals surface area (Å²) in [6.45, 7) is -2.26. The van der Waals surface area contributed by atoms with Gasteiger partial charge >= 0.3 is 12.4 Å². The fourth-order valence-corrected chi connectivity index (χ4v) is 4.31. The van der Waals surface area contributed by atoms with E-state index < -0.39 is 43.2 Å². The van der Waals surface area contributed by atoms with Crippen molar-refractivity contribution in [3.8, 4) is 0 Å². The molecule has 0 aliphatic rings. The topological polar surface area (TPSA) is 58.2 Å². The minimum Gasteiger partial charge on any atom is -0.345 e. The number of hydrogen-bond donors (Lipinski definition) is 2. The van der Waals surface area contributed by atoms with Crippen molar-refractivity contribution in [3.63, 3.8) is 0 Å². The molecule has 0 aliphatic heterocycles. The molecule has 2 N–H and O–H groups in total. The number of rotatable bonds is 7. The number of carbonyl (C=O) groups excluding carboxylic acids is 2. The van der Waals surface area contributed by atoms with Crippen LogP contribution in [0.5, 0.6) is 0 Å².